The first-order valence-electron chi connectivity index (χ1n) is 16.7. The molecular formula is C36H31ClF3N9O7. The first-order chi connectivity index (χ1) is 26.7. The van der Waals surface area contributed by atoms with Crippen molar-refractivity contribution in [3.63, 3.8) is 0 Å². The van der Waals surface area contributed by atoms with Crippen LogP contribution in [0.15, 0.2) is 89.7 Å². The number of carboxylic acids is 1. The summed E-state index contributed by atoms with van der Waals surface area (Å²) >= 11 is 6.02. The summed E-state index contributed by atoms with van der Waals surface area (Å²) in [7, 11) is 0. The van der Waals surface area contributed by atoms with E-state index in [-0.39, 0.29) is 30.4 Å². The van der Waals surface area contributed by atoms with Crippen molar-refractivity contribution in [2.75, 3.05) is 29.1 Å². The first-order valence-corrected chi connectivity index (χ1v) is 17.1. The van der Waals surface area contributed by atoms with Gasteiger partial charge in [0.1, 0.15) is 12.3 Å². The van der Waals surface area contributed by atoms with Crippen LogP contribution in [0.1, 0.15) is 35.2 Å². The zero-order valence-electron chi connectivity index (χ0n) is 28.9. The van der Waals surface area contributed by atoms with Gasteiger partial charge >= 0.3 is 30.0 Å². The maximum Gasteiger partial charge on any atom is 0.422 e. The number of oxazole rings is 1. The summed E-state index contributed by atoms with van der Waals surface area (Å²) in [4.78, 5) is 65.8. The molecule has 0 unspecified atom stereocenters. The molecule has 3 aromatic carbocycles. The summed E-state index contributed by atoms with van der Waals surface area (Å²) in [5, 5.41) is 23.4. The van der Waals surface area contributed by atoms with Crippen LogP contribution in [-0.4, -0.2) is 74.1 Å². The topological polar surface area (TPSA) is 223 Å². The van der Waals surface area contributed by atoms with E-state index < -0.39 is 54.1 Å². The average molecular weight is 794 g/mol. The van der Waals surface area contributed by atoms with Gasteiger partial charge in [-0.25, -0.2) is 9.78 Å². The van der Waals surface area contributed by atoms with Gasteiger partial charge in [0.05, 0.1) is 11.7 Å². The quantitative estimate of drug-likeness (QED) is 0.0743. The van der Waals surface area contributed by atoms with Crippen LogP contribution in [0.5, 0.6) is 6.01 Å². The van der Waals surface area contributed by atoms with E-state index in [2.05, 4.69) is 46.5 Å². The Labute approximate surface area is 320 Å². The highest BCUT2D eigenvalue weighted by molar-refractivity contribution is 6.39. The lowest BCUT2D eigenvalue weighted by molar-refractivity contribution is -0.154. The molecule has 16 nitrogen and oxygen atoms in total. The number of aromatic nitrogens is 4. The molecule has 1 aliphatic rings. The fourth-order valence-electron chi connectivity index (χ4n) is 5.27. The molecule has 5 aromatic rings. The molecule has 6 N–H and O–H groups in total. The van der Waals surface area contributed by atoms with E-state index >= 15 is 0 Å². The van der Waals surface area contributed by atoms with Gasteiger partial charge in [-0.15, -0.1) is 0 Å². The number of carboxylic acid groups (broad SMARTS) is 1. The number of anilines is 4. The second-order valence-electron chi connectivity index (χ2n) is 12.4. The fourth-order valence-corrected chi connectivity index (χ4v) is 5.39. The Bertz CT molecular complexity index is 2190. The Balaban J connectivity index is 1.03. The van der Waals surface area contributed by atoms with Gasteiger partial charge < -0.3 is 40.8 Å². The Kier molecular flexibility index (Phi) is 11.6. The van der Waals surface area contributed by atoms with Crippen molar-refractivity contribution in [2.24, 2.45) is 0 Å². The third-order valence-electron chi connectivity index (χ3n) is 8.23. The zero-order chi connectivity index (χ0) is 39.9. The number of aliphatic carboxylic acids is 1. The van der Waals surface area contributed by atoms with Crippen LogP contribution in [0.4, 0.5) is 36.4 Å². The van der Waals surface area contributed by atoms with Gasteiger partial charge in [-0.2, -0.15) is 28.1 Å². The molecule has 0 bridgehead atoms. The van der Waals surface area contributed by atoms with E-state index in [9.17, 15) is 37.5 Å². The van der Waals surface area contributed by atoms with E-state index in [1.54, 1.807) is 36.4 Å². The van der Waals surface area contributed by atoms with Crippen molar-refractivity contribution in [3.8, 4) is 17.5 Å². The van der Waals surface area contributed by atoms with Crippen LogP contribution >= 0.6 is 11.6 Å². The zero-order valence-corrected chi connectivity index (χ0v) is 29.6. The average Bonchev–Trinajstić information content (AvgIpc) is 3.72. The number of benzene rings is 3. The van der Waals surface area contributed by atoms with Crippen molar-refractivity contribution in [3.05, 3.63) is 101 Å². The van der Waals surface area contributed by atoms with E-state index in [0.29, 0.717) is 40.7 Å². The van der Waals surface area contributed by atoms with Crippen molar-refractivity contribution >= 4 is 58.6 Å². The first kappa shape index (κ1) is 38.9. The number of carbonyl (C=O) groups is 4. The van der Waals surface area contributed by atoms with E-state index in [1.165, 1.54) is 36.7 Å². The van der Waals surface area contributed by atoms with Gasteiger partial charge in [0.25, 0.3) is 5.91 Å². The number of alkyl halides is 3. The summed E-state index contributed by atoms with van der Waals surface area (Å²) in [6.07, 6.45) is -0.608. The molecule has 290 valence electrons. The van der Waals surface area contributed by atoms with Crippen molar-refractivity contribution in [1.29, 1.82) is 0 Å². The summed E-state index contributed by atoms with van der Waals surface area (Å²) < 4.78 is 48.8. The lowest BCUT2D eigenvalue weighted by atomic mass is 10.1. The van der Waals surface area contributed by atoms with E-state index in [1.807, 2.05) is 12.1 Å². The predicted octanol–water partition coefficient (Wildman–Crippen LogP) is 5.29. The molecule has 0 spiro atoms. The Morgan fingerprint density at radius 3 is 2.20 bits per heavy atom. The molecule has 1 atom stereocenters. The number of hydrogen-bond acceptors (Lipinski definition) is 12. The third-order valence-corrected chi connectivity index (χ3v) is 8.48. The molecule has 1 fully saturated rings. The van der Waals surface area contributed by atoms with Gasteiger partial charge in [0.2, 0.25) is 17.8 Å². The van der Waals surface area contributed by atoms with Crippen LogP contribution in [0.3, 0.4) is 0 Å². The lowest BCUT2D eigenvalue weighted by Gasteiger charge is -2.19. The second kappa shape index (κ2) is 16.7. The highest BCUT2D eigenvalue weighted by Gasteiger charge is 2.45. The number of amides is 3. The normalized spacial score (nSPS) is 13.5. The minimum Gasteiger partial charge on any atom is -0.480 e. The largest absolute Gasteiger partial charge is 0.480 e. The van der Waals surface area contributed by atoms with Gasteiger partial charge in [-0.1, -0.05) is 23.7 Å². The number of carbonyl (C=O) groups excluding carboxylic acids is 3. The van der Waals surface area contributed by atoms with Crippen molar-refractivity contribution in [2.45, 2.75) is 37.0 Å². The number of nitrogens with zero attached hydrogens (tertiary/aromatic N) is 4. The minimum atomic E-state index is -4.65. The maximum absolute atomic E-state index is 12.9. The van der Waals surface area contributed by atoms with Crippen LogP contribution in [-0.2, 0) is 19.9 Å². The molecule has 2 aromatic heterocycles. The van der Waals surface area contributed by atoms with Crippen molar-refractivity contribution in [1.82, 2.24) is 30.6 Å². The predicted molar refractivity (Wildman–Crippen MR) is 194 cm³/mol. The molecule has 1 aliphatic carbocycles. The van der Waals surface area contributed by atoms with Gasteiger partial charge in [0, 0.05) is 34.1 Å². The van der Waals surface area contributed by atoms with Gasteiger partial charge in [-0.3, -0.25) is 14.4 Å². The molecule has 1 saturated carbocycles. The van der Waals surface area contributed by atoms with Crippen LogP contribution in [0.2, 0.25) is 5.02 Å². The van der Waals surface area contributed by atoms with E-state index in [4.69, 9.17) is 20.8 Å². The summed E-state index contributed by atoms with van der Waals surface area (Å²) in [5.74, 6) is -3.98. The summed E-state index contributed by atoms with van der Waals surface area (Å²) in [6.45, 7) is -1.89. The Hall–Kier alpha value is -6.76. The summed E-state index contributed by atoms with van der Waals surface area (Å²) in [6, 6.07) is 17.0. The number of hydrogen-bond donors (Lipinski definition) is 6. The Morgan fingerprint density at radius 2 is 1.57 bits per heavy atom. The summed E-state index contributed by atoms with van der Waals surface area (Å²) in [5.41, 5.74) is 1.67. The highest BCUT2D eigenvalue weighted by Crippen LogP contribution is 2.48. The smallest absolute Gasteiger partial charge is 0.422 e. The molecule has 56 heavy (non-hydrogen) atoms. The molecule has 20 heteroatoms. The van der Waals surface area contributed by atoms with E-state index in [0.717, 1.165) is 5.56 Å². The van der Waals surface area contributed by atoms with Crippen molar-refractivity contribution < 1.29 is 46.6 Å². The standard InChI is InChI=1S/C36H31ClF3N9O7/c37-23-7-5-22(6-8-23)35(14-15-35)49-33-46-32(47-34(48-33)56-19-36(38,39)40)44-25-9-1-20(2-10-25)27(50)45-26(31(53)54)13-16-41-28(51)29(52)43-24-11-3-21(4-12-24)30-42-17-18-55-30/h1-12,17-18,26H,13-16,19H2,(H,41,51)(H,43,52)(H,45,50)(H,53,54)(H2,44,46,47,48,49)/t26-/m0/s1. The number of nitrogens with one attached hydrogen (secondary N) is 5. The molecule has 3 amide bonds. The maximum atomic E-state index is 12.9. The number of halogens is 4. The third kappa shape index (κ3) is 10.5. The van der Waals surface area contributed by atoms with Crippen LogP contribution in [0, 0.1) is 0 Å². The highest BCUT2D eigenvalue weighted by atomic mass is 35.5. The van der Waals surface area contributed by atoms with Gasteiger partial charge in [-0.05, 0) is 85.5 Å². The minimum absolute atomic E-state index is 0.0473. The van der Waals surface area contributed by atoms with Gasteiger partial charge in [0.15, 0.2) is 6.61 Å². The van der Waals surface area contributed by atoms with Crippen LogP contribution < -0.4 is 31.3 Å². The molecule has 6 rings (SSSR count). The second-order valence-corrected chi connectivity index (χ2v) is 12.8. The molecular weight excluding hydrogens is 763 g/mol. The number of ether oxygens (including phenoxy) is 1. The van der Waals surface area contributed by atoms with Crippen LogP contribution in [0.25, 0.3) is 11.5 Å². The fraction of sp³-hybridized carbons (Fsp3) is 0.222. The molecule has 0 saturated heterocycles. The molecule has 0 radical (unpaired) electrons. The monoisotopic (exact) mass is 793 g/mol. The molecule has 0 aliphatic heterocycles. The SMILES string of the molecule is O=C(NCC[C@H](NC(=O)c1ccc(Nc2nc(NC3(c4ccc(Cl)cc4)CC3)nc(OCC(F)(F)F)n2)cc1)C(=O)O)C(=O)Nc1ccc(-c2ncco2)cc1. The Morgan fingerprint density at radius 1 is 0.893 bits per heavy atom. The molecule has 2 heterocycles. The number of rotatable bonds is 15. The lowest BCUT2D eigenvalue weighted by Crippen LogP contribution is -2.44.